The predicted octanol–water partition coefficient (Wildman–Crippen LogP) is 1.52. The van der Waals surface area contributed by atoms with Gasteiger partial charge in [0.1, 0.15) is 12.1 Å². The van der Waals surface area contributed by atoms with Crippen molar-refractivity contribution >= 4 is 5.82 Å². The van der Waals surface area contributed by atoms with Crippen LogP contribution in [0.15, 0.2) is 48.9 Å². The second-order valence-corrected chi connectivity index (χ2v) is 7.94. The van der Waals surface area contributed by atoms with E-state index in [1.807, 2.05) is 46.0 Å². The Morgan fingerprint density at radius 2 is 1.87 bits per heavy atom. The molecule has 1 aliphatic heterocycles. The van der Waals surface area contributed by atoms with Gasteiger partial charge >= 0.3 is 0 Å². The highest BCUT2D eigenvalue weighted by molar-refractivity contribution is 5.51. The molecule has 0 fully saturated rings. The van der Waals surface area contributed by atoms with Crippen LogP contribution in [0, 0.1) is 0 Å². The molecule has 3 aromatic rings. The average molecular weight is 410 g/mol. The van der Waals surface area contributed by atoms with Crippen LogP contribution in [0.2, 0.25) is 0 Å². The van der Waals surface area contributed by atoms with Gasteiger partial charge in [0.2, 0.25) is 0 Å². The summed E-state index contributed by atoms with van der Waals surface area (Å²) in [5.74, 6) is 1.32. The van der Waals surface area contributed by atoms with Gasteiger partial charge in [-0.3, -0.25) is 11.5 Å². The van der Waals surface area contributed by atoms with Crippen LogP contribution in [0.4, 0.5) is 5.82 Å². The van der Waals surface area contributed by atoms with Crippen molar-refractivity contribution < 1.29 is 0 Å². The highest BCUT2D eigenvalue weighted by atomic mass is 15.6. The van der Waals surface area contributed by atoms with Crippen LogP contribution in [0.3, 0.4) is 0 Å². The molecule has 1 aliphatic rings. The lowest BCUT2D eigenvalue weighted by atomic mass is 10.1. The minimum Gasteiger partial charge on any atom is -0.330 e. The molecule has 0 amide bonds. The zero-order valence-corrected chi connectivity index (χ0v) is 17.6. The Morgan fingerprint density at radius 1 is 1.07 bits per heavy atom. The number of para-hydroxylation sites is 1. The summed E-state index contributed by atoms with van der Waals surface area (Å²) in [5.41, 5.74) is 22.5. The van der Waals surface area contributed by atoms with Crippen molar-refractivity contribution in [1.29, 1.82) is 0 Å². The number of fused-ring (bicyclic) bond motifs is 1. The van der Waals surface area contributed by atoms with E-state index >= 15 is 0 Å². The number of benzene rings is 1. The van der Waals surface area contributed by atoms with Crippen molar-refractivity contribution in [2.45, 2.75) is 45.3 Å². The molecule has 0 bridgehead atoms. The van der Waals surface area contributed by atoms with Gasteiger partial charge in [-0.05, 0) is 36.6 Å². The first-order valence-electron chi connectivity index (χ1n) is 10.4. The van der Waals surface area contributed by atoms with Gasteiger partial charge in [-0.15, -0.1) is 0 Å². The maximum absolute atomic E-state index is 6.78. The van der Waals surface area contributed by atoms with E-state index in [9.17, 15) is 0 Å². The summed E-state index contributed by atoms with van der Waals surface area (Å²) < 4.78 is 3.74. The second kappa shape index (κ2) is 8.57. The molecule has 2 unspecified atom stereocenters. The van der Waals surface area contributed by atoms with Crippen LogP contribution in [-0.2, 0) is 6.54 Å². The molecule has 2 atom stereocenters. The van der Waals surface area contributed by atoms with Crippen molar-refractivity contribution in [1.82, 2.24) is 24.5 Å². The van der Waals surface area contributed by atoms with E-state index in [0.717, 1.165) is 35.6 Å². The summed E-state index contributed by atoms with van der Waals surface area (Å²) in [5, 5.41) is 9.01. The summed E-state index contributed by atoms with van der Waals surface area (Å²) in [6.45, 7) is 6.22. The molecule has 0 saturated heterocycles. The highest BCUT2D eigenvalue weighted by Crippen LogP contribution is 2.36. The van der Waals surface area contributed by atoms with Crippen LogP contribution < -0.4 is 22.1 Å². The predicted molar refractivity (Wildman–Crippen MR) is 118 cm³/mol. The van der Waals surface area contributed by atoms with E-state index in [-0.39, 0.29) is 6.29 Å². The molecule has 9 heteroatoms. The van der Waals surface area contributed by atoms with E-state index in [2.05, 4.69) is 39.9 Å². The molecule has 2 aromatic heterocycles. The van der Waals surface area contributed by atoms with E-state index in [0.29, 0.717) is 19.0 Å². The molecule has 3 heterocycles. The van der Waals surface area contributed by atoms with E-state index in [1.165, 1.54) is 0 Å². The third-order valence-corrected chi connectivity index (χ3v) is 5.64. The standard InChI is InChI=1S/C21H31N9/c1-15(2)17-13-26-30-19(17)27(11-5-9-22)20(23)28(21(30)24)14-16-7-3-4-8-18(16)29-12-6-10-25-29/h3-4,6-8,10,12-13,15,20-21H,5,9,11,14,22-24H2,1-2H3. The largest absolute Gasteiger partial charge is 0.330 e. The molecule has 0 spiro atoms. The maximum Gasteiger partial charge on any atom is 0.160 e. The summed E-state index contributed by atoms with van der Waals surface area (Å²) >= 11 is 0. The number of hydrogen-bond donors (Lipinski definition) is 3. The number of rotatable bonds is 7. The lowest BCUT2D eigenvalue weighted by Gasteiger charge is -2.46. The summed E-state index contributed by atoms with van der Waals surface area (Å²) in [7, 11) is 0. The van der Waals surface area contributed by atoms with E-state index < -0.39 is 6.29 Å². The minimum atomic E-state index is -0.470. The Morgan fingerprint density at radius 3 is 2.57 bits per heavy atom. The van der Waals surface area contributed by atoms with Gasteiger partial charge in [0.15, 0.2) is 6.29 Å². The first-order valence-corrected chi connectivity index (χ1v) is 10.4. The van der Waals surface area contributed by atoms with Gasteiger partial charge in [0.05, 0.1) is 11.9 Å². The summed E-state index contributed by atoms with van der Waals surface area (Å²) in [6, 6.07) is 10.1. The fourth-order valence-corrected chi connectivity index (χ4v) is 4.03. The smallest absolute Gasteiger partial charge is 0.160 e. The zero-order chi connectivity index (χ0) is 21.3. The summed E-state index contributed by atoms with van der Waals surface area (Å²) in [4.78, 5) is 4.23. The molecule has 30 heavy (non-hydrogen) atoms. The van der Waals surface area contributed by atoms with Crippen LogP contribution in [0.1, 0.15) is 43.6 Å². The number of nitrogens with zero attached hydrogens (tertiary/aromatic N) is 6. The fourth-order valence-electron chi connectivity index (χ4n) is 4.03. The third kappa shape index (κ3) is 3.61. The molecule has 4 rings (SSSR count). The molecular formula is C21H31N9. The van der Waals surface area contributed by atoms with Crippen molar-refractivity contribution in [2.75, 3.05) is 18.0 Å². The maximum atomic E-state index is 6.78. The van der Waals surface area contributed by atoms with Crippen LogP contribution in [-0.4, -0.2) is 43.8 Å². The first kappa shape index (κ1) is 20.5. The Hall–Kier alpha value is -2.72. The van der Waals surface area contributed by atoms with Crippen LogP contribution >= 0.6 is 0 Å². The number of anilines is 1. The van der Waals surface area contributed by atoms with Crippen molar-refractivity contribution in [3.63, 3.8) is 0 Å². The summed E-state index contributed by atoms with van der Waals surface area (Å²) in [6.07, 6.45) is 5.59. The molecule has 0 radical (unpaired) electrons. The SMILES string of the molecule is CC(C)c1cnn2c1N(CCCN)C(N)N(Cc1ccccc1-n1cccn1)C2N. The van der Waals surface area contributed by atoms with Gasteiger partial charge in [0, 0.05) is 31.0 Å². The number of hydrogen-bond acceptors (Lipinski definition) is 7. The van der Waals surface area contributed by atoms with Gasteiger partial charge in [-0.1, -0.05) is 32.0 Å². The monoisotopic (exact) mass is 409 g/mol. The fraction of sp³-hybridized carbons (Fsp3) is 0.429. The van der Waals surface area contributed by atoms with Gasteiger partial charge in [0.25, 0.3) is 0 Å². The van der Waals surface area contributed by atoms with Crippen molar-refractivity contribution in [3.05, 3.63) is 60.0 Å². The highest BCUT2D eigenvalue weighted by Gasteiger charge is 2.38. The molecule has 1 aromatic carbocycles. The van der Waals surface area contributed by atoms with E-state index in [1.54, 1.807) is 6.20 Å². The Labute approximate surface area is 177 Å². The topological polar surface area (TPSA) is 120 Å². The van der Waals surface area contributed by atoms with Gasteiger partial charge < -0.3 is 10.6 Å². The lowest BCUT2D eigenvalue weighted by Crippen LogP contribution is -2.62. The number of nitrogens with two attached hydrogens (primary N) is 3. The van der Waals surface area contributed by atoms with Crippen LogP contribution in [0.25, 0.3) is 5.69 Å². The van der Waals surface area contributed by atoms with E-state index in [4.69, 9.17) is 17.2 Å². The average Bonchev–Trinajstić information content (AvgIpc) is 3.42. The second-order valence-electron chi connectivity index (χ2n) is 7.94. The quantitative estimate of drug-likeness (QED) is 0.541. The van der Waals surface area contributed by atoms with Crippen LogP contribution in [0.5, 0.6) is 0 Å². The van der Waals surface area contributed by atoms with Gasteiger partial charge in [-0.2, -0.15) is 10.2 Å². The van der Waals surface area contributed by atoms with Crippen molar-refractivity contribution in [3.8, 4) is 5.69 Å². The molecule has 160 valence electrons. The molecule has 9 nitrogen and oxygen atoms in total. The molecule has 0 saturated carbocycles. The zero-order valence-electron chi connectivity index (χ0n) is 17.6. The Kier molecular flexibility index (Phi) is 5.87. The normalized spacial score (nSPS) is 19.5. The molecule has 0 aliphatic carbocycles. The first-order chi connectivity index (χ1) is 14.5. The number of aromatic nitrogens is 4. The Balaban J connectivity index is 1.71. The lowest BCUT2D eigenvalue weighted by molar-refractivity contribution is 0.0521. The molecule has 6 N–H and O–H groups in total. The van der Waals surface area contributed by atoms with Crippen molar-refractivity contribution in [2.24, 2.45) is 17.2 Å². The Bertz CT molecular complexity index is 963. The minimum absolute atomic E-state index is 0.320. The third-order valence-electron chi connectivity index (χ3n) is 5.64. The van der Waals surface area contributed by atoms with Gasteiger partial charge in [-0.25, -0.2) is 14.3 Å². The molecular weight excluding hydrogens is 378 g/mol.